The number of hydrogen-bond acceptors (Lipinski definition) is 4. The van der Waals surface area contributed by atoms with Crippen molar-refractivity contribution >= 4 is 11.6 Å². The third-order valence-electron chi connectivity index (χ3n) is 3.08. The second-order valence-electron chi connectivity index (χ2n) is 4.51. The number of carbonyl (C=O) groups excluding carboxylic acids is 1. The Morgan fingerprint density at radius 3 is 2.57 bits per heavy atom. The van der Waals surface area contributed by atoms with Gasteiger partial charge in [0.1, 0.15) is 5.69 Å². The zero-order valence-electron chi connectivity index (χ0n) is 12.6. The van der Waals surface area contributed by atoms with Crippen molar-refractivity contribution in [1.82, 2.24) is 9.78 Å². The fourth-order valence-electron chi connectivity index (χ4n) is 2.08. The predicted molar refractivity (Wildman–Crippen MR) is 80.1 cm³/mol. The molecular formula is C15H19N3O3. The molecule has 0 unspecified atom stereocenters. The maximum atomic E-state index is 12.3. The molecule has 0 aliphatic carbocycles. The van der Waals surface area contributed by atoms with E-state index in [1.807, 2.05) is 13.8 Å². The molecule has 6 nitrogen and oxygen atoms in total. The Balaban J connectivity index is 2.23. The van der Waals surface area contributed by atoms with Crippen LogP contribution in [0.5, 0.6) is 11.5 Å². The van der Waals surface area contributed by atoms with Crippen molar-refractivity contribution in [1.29, 1.82) is 0 Å². The Kier molecular flexibility index (Phi) is 4.47. The Labute approximate surface area is 123 Å². The second-order valence-corrected chi connectivity index (χ2v) is 4.51. The van der Waals surface area contributed by atoms with Gasteiger partial charge in [0, 0.05) is 18.3 Å². The number of nitrogens with zero attached hydrogens (tertiary/aromatic N) is 2. The molecular weight excluding hydrogens is 270 g/mol. The summed E-state index contributed by atoms with van der Waals surface area (Å²) in [6.07, 6.45) is 0. The third kappa shape index (κ3) is 3.16. The van der Waals surface area contributed by atoms with Crippen LogP contribution in [0.3, 0.4) is 0 Å². The molecule has 0 saturated heterocycles. The molecule has 0 aliphatic heterocycles. The SMILES string of the molecule is CCn1nc(C)cc1C(=O)Nc1ccc(OC)c(OC)c1. The molecule has 0 fully saturated rings. The highest BCUT2D eigenvalue weighted by Crippen LogP contribution is 2.29. The number of rotatable bonds is 5. The van der Waals surface area contributed by atoms with Gasteiger partial charge in [0.25, 0.3) is 5.91 Å². The van der Waals surface area contributed by atoms with Crippen LogP contribution < -0.4 is 14.8 Å². The molecule has 1 aromatic heterocycles. The first-order chi connectivity index (χ1) is 10.1. The topological polar surface area (TPSA) is 65.4 Å². The van der Waals surface area contributed by atoms with Gasteiger partial charge in [0.05, 0.1) is 19.9 Å². The van der Waals surface area contributed by atoms with E-state index in [9.17, 15) is 4.79 Å². The fourth-order valence-corrected chi connectivity index (χ4v) is 2.08. The van der Waals surface area contributed by atoms with Crippen molar-refractivity contribution in [3.05, 3.63) is 35.7 Å². The lowest BCUT2D eigenvalue weighted by Crippen LogP contribution is -2.17. The molecule has 0 atom stereocenters. The third-order valence-corrected chi connectivity index (χ3v) is 3.08. The number of hydrogen-bond donors (Lipinski definition) is 1. The minimum absolute atomic E-state index is 0.204. The van der Waals surface area contributed by atoms with Crippen LogP contribution in [0.4, 0.5) is 5.69 Å². The number of ether oxygens (including phenoxy) is 2. The van der Waals surface area contributed by atoms with E-state index in [2.05, 4.69) is 10.4 Å². The summed E-state index contributed by atoms with van der Waals surface area (Å²) in [6.45, 7) is 4.45. The molecule has 21 heavy (non-hydrogen) atoms. The summed E-state index contributed by atoms with van der Waals surface area (Å²) in [5.74, 6) is 0.977. The molecule has 112 valence electrons. The zero-order chi connectivity index (χ0) is 15.4. The molecule has 1 amide bonds. The molecule has 0 spiro atoms. The largest absolute Gasteiger partial charge is 0.493 e. The van der Waals surface area contributed by atoms with Crippen LogP contribution in [-0.4, -0.2) is 29.9 Å². The van der Waals surface area contributed by atoms with Crippen molar-refractivity contribution < 1.29 is 14.3 Å². The summed E-state index contributed by atoms with van der Waals surface area (Å²) in [7, 11) is 3.12. The number of methoxy groups -OCH3 is 2. The Morgan fingerprint density at radius 1 is 1.24 bits per heavy atom. The molecule has 1 N–H and O–H groups in total. The summed E-state index contributed by atoms with van der Waals surface area (Å²) < 4.78 is 12.1. The molecule has 0 aliphatic rings. The monoisotopic (exact) mass is 289 g/mol. The van der Waals surface area contributed by atoms with Gasteiger partial charge in [-0.2, -0.15) is 5.10 Å². The van der Waals surface area contributed by atoms with E-state index < -0.39 is 0 Å². The first kappa shape index (κ1) is 14.9. The van der Waals surface area contributed by atoms with Gasteiger partial charge in [-0.15, -0.1) is 0 Å². The van der Waals surface area contributed by atoms with E-state index in [1.165, 1.54) is 0 Å². The maximum Gasteiger partial charge on any atom is 0.273 e. The van der Waals surface area contributed by atoms with Crippen LogP contribution in [0, 0.1) is 6.92 Å². The highest BCUT2D eigenvalue weighted by molar-refractivity contribution is 6.03. The molecule has 6 heteroatoms. The van der Waals surface area contributed by atoms with Gasteiger partial charge in [0.2, 0.25) is 0 Å². The van der Waals surface area contributed by atoms with E-state index in [0.717, 1.165) is 5.69 Å². The van der Waals surface area contributed by atoms with E-state index >= 15 is 0 Å². The Hall–Kier alpha value is -2.50. The van der Waals surface area contributed by atoms with Crippen molar-refractivity contribution in [2.75, 3.05) is 19.5 Å². The van der Waals surface area contributed by atoms with Gasteiger partial charge in [0.15, 0.2) is 11.5 Å². The van der Waals surface area contributed by atoms with Gasteiger partial charge < -0.3 is 14.8 Å². The highest BCUT2D eigenvalue weighted by Gasteiger charge is 2.14. The summed E-state index contributed by atoms with van der Waals surface area (Å²) in [5.41, 5.74) is 1.98. The second kappa shape index (κ2) is 6.30. The normalized spacial score (nSPS) is 10.3. The summed E-state index contributed by atoms with van der Waals surface area (Å²) >= 11 is 0. The molecule has 0 saturated carbocycles. The number of amides is 1. The minimum Gasteiger partial charge on any atom is -0.493 e. The number of aromatic nitrogens is 2. The van der Waals surface area contributed by atoms with Crippen LogP contribution >= 0.6 is 0 Å². The van der Waals surface area contributed by atoms with Crippen molar-refractivity contribution in [3.8, 4) is 11.5 Å². The van der Waals surface area contributed by atoms with Gasteiger partial charge >= 0.3 is 0 Å². The first-order valence-corrected chi connectivity index (χ1v) is 6.66. The predicted octanol–water partition coefficient (Wildman–Crippen LogP) is 2.48. The highest BCUT2D eigenvalue weighted by atomic mass is 16.5. The number of anilines is 1. The zero-order valence-corrected chi connectivity index (χ0v) is 12.6. The number of aryl methyl sites for hydroxylation is 2. The van der Waals surface area contributed by atoms with Gasteiger partial charge in [-0.3, -0.25) is 9.48 Å². The number of nitrogens with one attached hydrogen (secondary N) is 1. The van der Waals surface area contributed by atoms with Crippen LogP contribution in [0.2, 0.25) is 0 Å². The van der Waals surface area contributed by atoms with Crippen molar-refractivity contribution in [3.63, 3.8) is 0 Å². The number of carbonyl (C=O) groups is 1. The molecule has 2 rings (SSSR count). The lowest BCUT2D eigenvalue weighted by atomic mass is 10.2. The minimum atomic E-state index is -0.204. The van der Waals surface area contributed by atoms with Gasteiger partial charge in [-0.25, -0.2) is 0 Å². The van der Waals surface area contributed by atoms with Gasteiger partial charge in [-0.1, -0.05) is 0 Å². The van der Waals surface area contributed by atoms with E-state index in [1.54, 1.807) is 43.2 Å². The molecule has 0 bridgehead atoms. The quantitative estimate of drug-likeness (QED) is 0.918. The molecule has 2 aromatic rings. The van der Waals surface area contributed by atoms with Crippen molar-refractivity contribution in [2.24, 2.45) is 0 Å². The molecule has 1 heterocycles. The van der Waals surface area contributed by atoms with Crippen LogP contribution in [0.1, 0.15) is 23.1 Å². The van der Waals surface area contributed by atoms with Crippen LogP contribution in [0.15, 0.2) is 24.3 Å². The standard InChI is InChI=1S/C15H19N3O3/c1-5-18-12(8-10(2)17-18)15(19)16-11-6-7-13(20-3)14(9-11)21-4/h6-9H,5H2,1-4H3,(H,16,19). The maximum absolute atomic E-state index is 12.3. The lowest BCUT2D eigenvalue weighted by Gasteiger charge is -2.11. The summed E-state index contributed by atoms with van der Waals surface area (Å²) in [6, 6.07) is 6.99. The summed E-state index contributed by atoms with van der Waals surface area (Å²) in [4.78, 5) is 12.3. The van der Waals surface area contributed by atoms with Crippen molar-refractivity contribution in [2.45, 2.75) is 20.4 Å². The smallest absolute Gasteiger partial charge is 0.273 e. The fraction of sp³-hybridized carbons (Fsp3) is 0.333. The Bertz CT molecular complexity index is 650. The average Bonchev–Trinajstić information content (AvgIpc) is 2.88. The molecule has 0 radical (unpaired) electrons. The lowest BCUT2D eigenvalue weighted by molar-refractivity contribution is 0.101. The average molecular weight is 289 g/mol. The van der Waals surface area contributed by atoms with E-state index in [-0.39, 0.29) is 5.91 Å². The van der Waals surface area contributed by atoms with Gasteiger partial charge in [-0.05, 0) is 32.0 Å². The van der Waals surface area contributed by atoms with E-state index in [4.69, 9.17) is 9.47 Å². The summed E-state index contributed by atoms with van der Waals surface area (Å²) in [5, 5.41) is 7.10. The first-order valence-electron chi connectivity index (χ1n) is 6.66. The number of benzene rings is 1. The van der Waals surface area contributed by atoms with Crippen LogP contribution in [0.25, 0.3) is 0 Å². The molecule has 1 aromatic carbocycles. The van der Waals surface area contributed by atoms with E-state index in [0.29, 0.717) is 29.4 Å². The van der Waals surface area contributed by atoms with Crippen LogP contribution in [-0.2, 0) is 6.54 Å². The Morgan fingerprint density at radius 2 is 1.95 bits per heavy atom.